The highest BCUT2D eigenvalue weighted by molar-refractivity contribution is 6.34. The number of aliphatic hydroxyl groups excluding tert-OH is 1. The lowest BCUT2D eigenvalue weighted by Crippen LogP contribution is -2.37. The first-order valence-electron chi connectivity index (χ1n) is 5.68. The third-order valence-corrected chi connectivity index (χ3v) is 3.32. The second kappa shape index (κ2) is 6.54. The van der Waals surface area contributed by atoms with Gasteiger partial charge in [-0.1, -0.05) is 17.7 Å². The minimum atomic E-state index is -1.39. The van der Waals surface area contributed by atoms with Gasteiger partial charge < -0.3 is 15.2 Å². The molecule has 0 saturated heterocycles. The number of hydrogen-bond acceptors (Lipinski definition) is 4. The Kier molecular flexibility index (Phi) is 5.32. The molecule has 0 bridgehead atoms. The summed E-state index contributed by atoms with van der Waals surface area (Å²) in [6, 6.07) is 3.39. The van der Waals surface area contributed by atoms with Crippen LogP contribution in [0, 0.1) is 13.8 Å². The van der Waals surface area contributed by atoms with E-state index in [1.807, 2.05) is 13.8 Å². The van der Waals surface area contributed by atoms with Crippen LogP contribution >= 0.6 is 11.6 Å². The van der Waals surface area contributed by atoms with E-state index in [2.05, 4.69) is 10.1 Å². The summed E-state index contributed by atoms with van der Waals surface area (Å²) < 4.78 is 4.34. The van der Waals surface area contributed by atoms with Gasteiger partial charge in [-0.3, -0.25) is 4.79 Å². The van der Waals surface area contributed by atoms with E-state index in [-0.39, 0.29) is 6.54 Å². The average Bonchev–Trinajstić information content (AvgIpc) is 2.41. The van der Waals surface area contributed by atoms with E-state index >= 15 is 0 Å². The fourth-order valence-corrected chi connectivity index (χ4v) is 1.76. The number of ether oxygens (including phenoxy) is 1. The van der Waals surface area contributed by atoms with Crippen molar-refractivity contribution in [1.29, 1.82) is 0 Å². The van der Waals surface area contributed by atoms with E-state index in [1.165, 1.54) is 0 Å². The molecule has 1 aromatic rings. The predicted octanol–water partition coefficient (Wildman–Crippen LogP) is 1.22. The minimum Gasteiger partial charge on any atom is -0.467 e. The number of rotatable bonds is 4. The summed E-state index contributed by atoms with van der Waals surface area (Å²) in [5.74, 6) is -1.25. The van der Waals surface area contributed by atoms with Crippen molar-refractivity contribution in [3.05, 3.63) is 33.8 Å². The Bertz CT molecular complexity index is 502. The van der Waals surface area contributed by atoms with Gasteiger partial charge >= 0.3 is 5.97 Å². The van der Waals surface area contributed by atoms with Crippen LogP contribution in [0.1, 0.15) is 21.5 Å². The number of benzene rings is 1. The lowest BCUT2D eigenvalue weighted by Gasteiger charge is -2.12. The van der Waals surface area contributed by atoms with Gasteiger partial charge in [0.15, 0.2) is 6.10 Å². The fourth-order valence-electron chi connectivity index (χ4n) is 1.46. The van der Waals surface area contributed by atoms with E-state index in [0.29, 0.717) is 10.6 Å². The molecule has 0 fully saturated rings. The minimum absolute atomic E-state index is 0.227. The van der Waals surface area contributed by atoms with Crippen LogP contribution in [0.25, 0.3) is 0 Å². The van der Waals surface area contributed by atoms with Crippen molar-refractivity contribution < 1.29 is 19.4 Å². The summed E-state index contributed by atoms with van der Waals surface area (Å²) in [5, 5.41) is 12.2. The Morgan fingerprint density at radius 2 is 2.05 bits per heavy atom. The Morgan fingerprint density at radius 1 is 1.42 bits per heavy atom. The summed E-state index contributed by atoms with van der Waals surface area (Å²) in [4.78, 5) is 22.9. The van der Waals surface area contributed by atoms with Crippen LogP contribution in [0.2, 0.25) is 5.02 Å². The SMILES string of the molecule is COC(=O)C(O)CNC(=O)c1ccc(C)c(C)c1Cl. The lowest BCUT2D eigenvalue weighted by molar-refractivity contribution is -0.149. The molecule has 1 amide bonds. The maximum atomic E-state index is 11.9. The van der Waals surface area contributed by atoms with E-state index in [4.69, 9.17) is 11.6 Å². The number of aliphatic hydroxyl groups is 1. The number of carbonyl (C=O) groups excluding carboxylic acids is 2. The Hall–Kier alpha value is -1.59. The van der Waals surface area contributed by atoms with Gasteiger partial charge in [0.1, 0.15) is 0 Å². The lowest BCUT2D eigenvalue weighted by atomic mass is 10.1. The third-order valence-electron chi connectivity index (χ3n) is 2.83. The normalized spacial score (nSPS) is 11.8. The third kappa shape index (κ3) is 3.68. The Labute approximate surface area is 116 Å². The molecule has 5 nitrogen and oxygen atoms in total. The van der Waals surface area contributed by atoms with Gasteiger partial charge in [0.2, 0.25) is 0 Å². The van der Waals surface area contributed by atoms with Crippen molar-refractivity contribution in [3.63, 3.8) is 0 Å². The molecular weight excluding hydrogens is 270 g/mol. The largest absolute Gasteiger partial charge is 0.467 e. The van der Waals surface area contributed by atoms with Gasteiger partial charge in [-0.25, -0.2) is 4.79 Å². The van der Waals surface area contributed by atoms with Crippen molar-refractivity contribution in [1.82, 2.24) is 5.32 Å². The van der Waals surface area contributed by atoms with Crippen LogP contribution < -0.4 is 5.32 Å². The summed E-state index contributed by atoms with van der Waals surface area (Å²) in [6.45, 7) is 3.48. The highest BCUT2D eigenvalue weighted by Crippen LogP contribution is 2.23. The number of carbonyl (C=O) groups is 2. The van der Waals surface area contributed by atoms with Crippen molar-refractivity contribution in [2.45, 2.75) is 20.0 Å². The molecule has 1 unspecified atom stereocenters. The highest BCUT2D eigenvalue weighted by atomic mass is 35.5. The van der Waals surface area contributed by atoms with Crippen molar-refractivity contribution >= 4 is 23.5 Å². The molecule has 0 aliphatic rings. The van der Waals surface area contributed by atoms with Gasteiger partial charge in [-0.2, -0.15) is 0 Å². The molecule has 104 valence electrons. The van der Waals surface area contributed by atoms with Gasteiger partial charge in [-0.05, 0) is 31.0 Å². The Balaban J connectivity index is 2.75. The molecule has 6 heteroatoms. The molecule has 1 aromatic carbocycles. The summed E-state index contributed by atoms with van der Waals surface area (Å²) in [6.07, 6.45) is -1.39. The molecule has 0 saturated carbocycles. The molecule has 0 aliphatic carbocycles. The number of amides is 1. The number of aryl methyl sites for hydroxylation is 1. The van der Waals surface area contributed by atoms with E-state index in [9.17, 15) is 14.7 Å². The molecule has 0 radical (unpaired) electrons. The van der Waals surface area contributed by atoms with Gasteiger partial charge in [0.05, 0.1) is 24.2 Å². The maximum absolute atomic E-state index is 11.9. The molecule has 0 aromatic heterocycles. The van der Waals surface area contributed by atoms with Gasteiger partial charge in [0.25, 0.3) is 5.91 Å². The molecule has 1 atom stereocenters. The first kappa shape index (κ1) is 15.5. The topological polar surface area (TPSA) is 75.6 Å². The second-order valence-electron chi connectivity index (χ2n) is 4.12. The molecular formula is C13H16ClNO4. The molecule has 19 heavy (non-hydrogen) atoms. The van der Waals surface area contributed by atoms with Crippen LogP contribution in [0.15, 0.2) is 12.1 Å². The number of halogens is 1. The summed E-state index contributed by atoms with van der Waals surface area (Å²) in [7, 11) is 1.16. The number of hydrogen-bond donors (Lipinski definition) is 2. The van der Waals surface area contributed by atoms with Crippen molar-refractivity contribution in [3.8, 4) is 0 Å². The van der Waals surface area contributed by atoms with Crippen LogP contribution in [0.3, 0.4) is 0 Å². The van der Waals surface area contributed by atoms with Crippen molar-refractivity contribution in [2.24, 2.45) is 0 Å². The highest BCUT2D eigenvalue weighted by Gasteiger charge is 2.18. The first-order chi connectivity index (χ1) is 8.88. The van der Waals surface area contributed by atoms with Crippen LogP contribution in [0.5, 0.6) is 0 Å². The zero-order valence-corrected chi connectivity index (χ0v) is 11.7. The average molecular weight is 286 g/mol. The molecule has 0 heterocycles. The quantitative estimate of drug-likeness (QED) is 0.816. The summed E-state index contributed by atoms with van der Waals surface area (Å²) in [5.41, 5.74) is 2.11. The van der Waals surface area contributed by atoms with E-state index < -0.39 is 18.0 Å². The number of methoxy groups -OCH3 is 1. The van der Waals surface area contributed by atoms with Gasteiger partial charge in [0, 0.05) is 0 Å². The van der Waals surface area contributed by atoms with E-state index in [1.54, 1.807) is 12.1 Å². The second-order valence-corrected chi connectivity index (χ2v) is 4.50. The zero-order valence-electron chi connectivity index (χ0n) is 11.0. The smallest absolute Gasteiger partial charge is 0.336 e. The molecule has 0 spiro atoms. The first-order valence-corrected chi connectivity index (χ1v) is 6.06. The monoisotopic (exact) mass is 285 g/mol. The fraction of sp³-hybridized carbons (Fsp3) is 0.385. The van der Waals surface area contributed by atoms with Crippen LogP contribution in [-0.2, 0) is 9.53 Å². The molecule has 0 aliphatic heterocycles. The Morgan fingerprint density at radius 3 is 2.63 bits per heavy atom. The summed E-state index contributed by atoms with van der Waals surface area (Å²) >= 11 is 6.08. The predicted molar refractivity (Wildman–Crippen MR) is 71.3 cm³/mol. The zero-order chi connectivity index (χ0) is 14.6. The number of nitrogens with one attached hydrogen (secondary N) is 1. The van der Waals surface area contributed by atoms with Gasteiger partial charge in [-0.15, -0.1) is 0 Å². The molecule has 2 N–H and O–H groups in total. The van der Waals surface area contributed by atoms with Crippen molar-refractivity contribution in [2.75, 3.05) is 13.7 Å². The van der Waals surface area contributed by atoms with Crippen LogP contribution in [0.4, 0.5) is 0 Å². The standard InChI is InChI=1S/C13H16ClNO4/c1-7-4-5-9(11(14)8(7)2)12(17)15-6-10(16)13(18)19-3/h4-5,10,16H,6H2,1-3H3,(H,15,17). The van der Waals surface area contributed by atoms with Crippen LogP contribution in [-0.4, -0.2) is 36.7 Å². The number of esters is 1. The van der Waals surface area contributed by atoms with E-state index in [0.717, 1.165) is 18.2 Å². The maximum Gasteiger partial charge on any atom is 0.336 e. The molecule has 1 rings (SSSR count).